The van der Waals surface area contributed by atoms with Crippen LogP contribution in [0.2, 0.25) is 0 Å². The summed E-state index contributed by atoms with van der Waals surface area (Å²) in [4.78, 5) is 30.1. The monoisotopic (exact) mass is 480 g/mol. The molecule has 0 aromatic heterocycles. The summed E-state index contributed by atoms with van der Waals surface area (Å²) >= 11 is 0. The first-order chi connectivity index (χ1) is 17.0. The van der Waals surface area contributed by atoms with Gasteiger partial charge in [0.15, 0.2) is 0 Å². The van der Waals surface area contributed by atoms with Gasteiger partial charge < -0.3 is 29.9 Å². The van der Waals surface area contributed by atoms with E-state index in [9.17, 15) is 9.59 Å². The van der Waals surface area contributed by atoms with E-state index in [-0.39, 0.29) is 23.8 Å². The molecule has 4 rings (SSSR count). The highest BCUT2D eigenvalue weighted by atomic mass is 16.5. The largest absolute Gasteiger partial charge is 0.495 e. The van der Waals surface area contributed by atoms with E-state index < -0.39 is 0 Å². The highest BCUT2D eigenvalue weighted by Gasteiger charge is 2.25. The van der Waals surface area contributed by atoms with Gasteiger partial charge >= 0.3 is 0 Å². The lowest BCUT2D eigenvalue weighted by Gasteiger charge is -2.38. The Kier molecular flexibility index (Phi) is 8.13. The van der Waals surface area contributed by atoms with E-state index in [4.69, 9.17) is 9.47 Å². The number of carbonyl (C=O) groups is 2. The normalized spacial score (nSPS) is 18.0. The second-order valence-electron chi connectivity index (χ2n) is 9.37. The van der Waals surface area contributed by atoms with E-state index in [1.807, 2.05) is 44.2 Å². The molecule has 2 heterocycles. The van der Waals surface area contributed by atoms with E-state index in [1.165, 1.54) is 0 Å². The molecular weight excluding hydrogens is 444 g/mol. The van der Waals surface area contributed by atoms with Gasteiger partial charge in [-0.1, -0.05) is 26.0 Å². The number of methoxy groups -OCH3 is 1. The number of hydrogen-bond acceptors (Lipinski definition) is 6. The molecule has 2 aromatic rings. The lowest BCUT2D eigenvalue weighted by molar-refractivity contribution is -0.118. The maximum atomic E-state index is 13.3. The third kappa shape index (κ3) is 6.06. The van der Waals surface area contributed by atoms with Crippen LogP contribution in [0.25, 0.3) is 0 Å². The Morgan fingerprint density at radius 1 is 1.06 bits per heavy atom. The summed E-state index contributed by atoms with van der Waals surface area (Å²) in [6.45, 7) is 8.08. The van der Waals surface area contributed by atoms with E-state index in [2.05, 4.69) is 26.5 Å². The lowest BCUT2D eigenvalue weighted by atomic mass is 10.1. The quantitative estimate of drug-likeness (QED) is 0.602. The van der Waals surface area contributed by atoms with Crippen molar-refractivity contribution in [2.24, 2.45) is 5.92 Å². The van der Waals surface area contributed by atoms with Crippen LogP contribution >= 0.6 is 0 Å². The summed E-state index contributed by atoms with van der Waals surface area (Å²) in [7, 11) is 1.69. The number of nitrogens with one attached hydrogen (secondary N) is 2. The fourth-order valence-corrected chi connectivity index (χ4v) is 4.54. The summed E-state index contributed by atoms with van der Waals surface area (Å²) in [5, 5.41) is 5.96. The first-order valence-electron chi connectivity index (χ1n) is 12.4. The zero-order chi connectivity index (χ0) is 24.8. The van der Waals surface area contributed by atoms with E-state index in [0.717, 1.165) is 62.8 Å². The van der Waals surface area contributed by atoms with Gasteiger partial charge in [0.05, 0.1) is 24.5 Å². The molecule has 0 aliphatic carbocycles. The topological polar surface area (TPSA) is 83.1 Å². The lowest BCUT2D eigenvalue weighted by Crippen LogP contribution is -2.47. The Hall–Kier alpha value is -3.26. The average molecular weight is 481 g/mol. The number of benzene rings is 2. The van der Waals surface area contributed by atoms with E-state index in [0.29, 0.717) is 17.8 Å². The average Bonchev–Trinajstić information content (AvgIpc) is 3.41. The Morgan fingerprint density at radius 3 is 2.43 bits per heavy atom. The van der Waals surface area contributed by atoms with Gasteiger partial charge in [-0.05, 0) is 43.2 Å². The summed E-state index contributed by atoms with van der Waals surface area (Å²) in [6.07, 6.45) is 2.05. The zero-order valence-corrected chi connectivity index (χ0v) is 20.9. The Morgan fingerprint density at radius 2 is 1.77 bits per heavy atom. The van der Waals surface area contributed by atoms with Gasteiger partial charge in [0, 0.05) is 56.6 Å². The van der Waals surface area contributed by atoms with Crippen LogP contribution in [-0.2, 0) is 9.53 Å². The second-order valence-corrected chi connectivity index (χ2v) is 9.37. The van der Waals surface area contributed by atoms with Crippen LogP contribution in [0.15, 0.2) is 42.5 Å². The van der Waals surface area contributed by atoms with Gasteiger partial charge in [0.25, 0.3) is 5.91 Å². The second kappa shape index (κ2) is 11.4. The van der Waals surface area contributed by atoms with Gasteiger partial charge in [-0.25, -0.2) is 0 Å². The standard InChI is InChI=1S/C27H36N4O4/c1-19(2)26(32)29-20-10-11-23(22(17-20)27(33)28-18-21-7-6-16-35-21)30-12-14-31(15-13-30)24-8-4-5-9-25(24)34-3/h4-5,8-11,17,19,21H,6-7,12-16,18H2,1-3H3,(H,28,33)(H,29,32). The zero-order valence-electron chi connectivity index (χ0n) is 20.9. The van der Waals surface area contributed by atoms with Crippen molar-refractivity contribution in [2.45, 2.75) is 32.8 Å². The van der Waals surface area contributed by atoms with Gasteiger partial charge in [-0.3, -0.25) is 9.59 Å². The van der Waals surface area contributed by atoms with Crippen LogP contribution in [0.5, 0.6) is 5.75 Å². The molecule has 2 aliphatic heterocycles. The molecule has 0 spiro atoms. The first kappa shape index (κ1) is 24.9. The summed E-state index contributed by atoms with van der Waals surface area (Å²) in [6, 6.07) is 13.6. The fourth-order valence-electron chi connectivity index (χ4n) is 4.54. The maximum absolute atomic E-state index is 13.3. The van der Waals surface area contributed by atoms with Crippen LogP contribution < -0.4 is 25.2 Å². The SMILES string of the molecule is COc1ccccc1N1CCN(c2ccc(NC(=O)C(C)C)cc2C(=O)NCC2CCCO2)CC1. The molecule has 0 bridgehead atoms. The van der Waals surface area contributed by atoms with Crippen molar-refractivity contribution in [1.29, 1.82) is 0 Å². The van der Waals surface area contributed by atoms with Crippen LogP contribution in [0.3, 0.4) is 0 Å². The smallest absolute Gasteiger partial charge is 0.253 e. The molecule has 0 radical (unpaired) electrons. The number of amides is 2. The molecule has 2 fully saturated rings. The molecular formula is C27H36N4O4. The molecule has 2 aromatic carbocycles. The number of anilines is 3. The van der Waals surface area contributed by atoms with Gasteiger partial charge in [-0.2, -0.15) is 0 Å². The highest BCUT2D eigenvalue weighted by Crippen LogP contribution is 2.31. The molecule has 188 valence electrons. The fraction of sp³-hybridized carbons (Fsp3) is 0.481. The number of carbonyl (C=O) groups excluding carboxylic acids is 2. The summed E-state index contributed by atoms with van der Waals surface area (Å²) in [5.41, 5.74) is 3.14. The van der Waals surface area contributed by atoms with Gasteiger partial charge in [-0.15, -0.1) is 0 Å². The van der Waals surface area contributed by atoms with Crippen molar-refractivity contribution in [3.63, 3.8) is 0 Å². The number of rotatable bonds is 8. The van der Waals surface area contributed by atoms with Crippen molar-refractivity contribution in [3.05, 3.63) is 48.0 Å². The summed E-state index contributed by atoms with van der Waals surface area (Å²) < 4.78 is 11.2. The Balaban J connectivity index is 1.51. The molecule has 8 heteroatoms. The number of ether oxygens (including phenoxy) is 2. The number of hydrogen-bond donors (Lipinski definition) is 2. The van der Waals surface area contributed by atoms with Crippen LogP contribution in [-0.4, -0.2) is 64.4 Å². The van der Waals surface area contributed by atoms with Crippen molar-refractivity contribution >= 4 is 28.9 Å². The van der Waals surface area contributed by atoms with Crippen LogP contribution in [0, 0.1) is 5.92 Å². The van der Waals surface area contributed by atoms with Crippen LogP contribution in [0.4, 0.5) is 17.1 Å². The molecule has 2 amide bonds. The minimum Gasteiger partial charge on any atom is -0.495 e. The highest BCUT2D eigenvalue weighted by molar-refractivity contribution is 6.02. The molecule has 1 atom stereocenters. The predicted molar refractivity (Wildman–Crippen MR) is 139 cm³/mol. The van der Waals surface area contributed by atoms with Crippen molar-refractivity contribution in [1.82, 2.24) is 5.32 Å². The minimum atomic E-state index is -0.150. The van der Waals surface area contributed by atoms with Gasteiger partial charge in [0.2, 0.25) is 5.91 Å². The predicted octanol–water partition coefficient (Wildman–Crippen LogP) is 3.53. The molecule has 2 saturated heterocycles. The minimum absolute atomic E-state index is 0.0654. The molecule has 1 unspecified atom stereocenters. The van der Waals surface area contributed by atoms with E-state index in [1.54, 1.807) is 13.2 Å². The summed E-state index contributed by atoms with van der Waals surface area (Å²) in [5.74, 6) is 0.493. The molecule has 2 aliphatic rings. The van der Waals surface area contributed by atoms with Crippen LogP contribution in [0.1, 0.15) is 37.0 Å². The van der Waals surface area contributed by atoms with Crippen molar-refractivity contribution in [3.8, 4) is 5.75 Å². The Bertz CT molecular complexity index is 1030. The van der Waals surface area contributed by atoms with E-state index >= 15 is 0 Å². The molecule has 0 saturated carbocycles. The molecule has 8 nitrogen and oxygen atoms in total. The third-order valence-electron chi connectivity index (χ3n) is 6.59. The number of piperazine rings is 1. The maximum Gasteiger partial charge on any atom is 0.253 e. The van der Waals surface area contributed by atoms with Gasteiger partial charge in [0.1, 0.15) is 5.75 Å². The Labute approximate surface area is 207 Å². The molecule has 35 heavy (non-hydrogen) atoms. The third-order valence-corrected chi connectivity index (χ3v) is 6.59. The number of nitrogens with zero attached hydrogens (tertiary/aromatic N) is 2. The first-order valence-corrected chi connectivity index (χ1v) is 12.4. The van der Waals surface area contributed by atoms with Crippen molar-refractivity contribution in [2.75, 3.05) is 61.6 Å². The number of para-hydroxylation sites is 2. The van der Waals surface area contributed by atoms with Crippen molar-refractivity contribution < 1.29 is 19.1 Å². The molecule has 2 N–H and O–H groups in total.